The van der Waals surface area contributed by atoms with Gasteiger partial charge >= 0.3 is 0 Å². The maximum Gasteiger partial charge on any atom is 0.280 e. The minimum Gasteiger partial charge on any atom is -0.396 e. The standard InChI is InChI=1S/C12H17N5O4/c13-12-15-10-8(11(21)16-12)14-4-17(10)9-6(2-19)5(1-18)7(9)3-20/h4-7,9,18-20H,1-3H2,(H3,13,15,16,21)/t5?,6-,7+,9?. The van der Waals surface area contributed by atoms with E-state index >= 15 is 0 Å². The van der Waals surface area contributed by atoms with Crippen molar-refractivity contribution in [1.29, 1.82) is 0 Å². The Kier molecular flexibility index (Phi) is 3.40. The van der Waals surface area contributed by atoms with Gasteiger partial charge in [-0.15, -0.1) is 0 Å². The van der Waals surface area contributed by atoms with Gasteiger partial charge in [0.05, 0.1) is 6.33 Å². The molecule has 2 unspecified atom stereocenters. The van der Waals surface area contributed by atoms with Crippen LogP contribution in [0.25, 0.3) is 11.2 Å². The molecule has 0 saturated heterocycles. The van der Waals surface area contributed by atoms with Crippen LogP contribution in [0.2, 0.25) is 0 Å². The van der Waals surface area contributed by atoms with Crippen molar-refractivity contribution in [3.63, 3.8) is 0 Å². The molecular weight excluding hydrogens is 278 g/mol. The number of nitrogen functional groups attached to an aromatic ring is 1. The molecule has 6 N–H and O–H groups in total. The molecule has 0 spiro atoms. The lowest BCUT2D eigenvalue weighted by molar-refractivity contribution is -0.0899. The summed E-state index contributed by atoms with van der Waals surface area (Å²) in [5.74, 6) is -0.672. The average molecular weight is 295 g/mol. The molecule has 2 aromatic heterocycles. The van der Waals surface area contributed by atoms with Gasteiger partial charge in [0.15, 0.2) is 11.2 Å². The number of aromatic nitrogens is 4. The molecule has 4 atom stereocenters. The Morgan fingerprint density at radius 1 is 1.19 bits per heavy atom. The summed E-state index contributed by atoms with van der Waals surface area (Å²) in [6.45, 7) is -0.384. The second-order valence-electron chi connectivity index (χ2n) is 5.31. The monoisotopic (exact) mass is 295 g/mol. The van der Waals surface area contributed by atoms with Gasteiger partial charge in [0.1, 0.15) is 0 Å². The maximum atomic E-state index is 11.8. The number of aliphatic hydroxyl groups is 3. The van der Waals surface area contributed by atoms with E-state index in [0.717, 1.165) is 0 Å². The lowest BCUT2D eigenvalue weighted by atomic mass is 9.61. The molecule has 3 rings (SSSR count). The summed E-state index contributed by atoms with van der Waals surface area (Å²) in [5.41, 5.74) is 5.59. The maximum absolute atomic E-state index is 11.8. The molecule has 21 heavy (non-hydrogen) atoms. The molecule has 1 aliphatic carbocycles. The Bertz CT molecular complexity index is 699. The Morgan fingerprint density at radius 3 is 2.38 bits per heavy atom. The fraction of sp³-hybridized carbons (Fsp3) is 0.583. The minimum absolute atomic E-state index is 0.0200. The van der Waals surface area contributed by atoms with Gasteiger partial charge in [0.2, 0.25) is 5.95 Å². The molecule has 9 heteroatoms. The third-order valence-electron chi connectivity index (χ3n) is 4.38. The van der Waals surface area contributed by atoms with Crippen LogP contribution >= 0.6 is 0 Å². The van der Waals surface area contributed by atoms with Crippen LogP contribution in [-0.4, -0.2) is 54.7 Å². The number of aliphatic hydroxyl groups excluding tert-OH is 3. The number of aromatic amines is 1. The van der Waals surface area contributed by atoms with Gasteiger partial charge in [-0.1, -0.05) is 0 Å². The van der Waals surface area contributed by atoms with Gasteiger partial charge < -0.3 is 25.6 Å². The second kappa shape index (κ2) is 5.10. The van der Waals surface area contributed by atoms with Crippen LogP contribution in [0.1, 0.15) is 6.04 Å². The van der Waals surface area contributed by atoms with Crippen molar-refractivity contribution in [3.8, 4) is 0 Å². The van der Waals surface area contributed by atoms with Gasteiger partial charge in [-0.3, -0.25) is 9.78 Å². The Morgan fingerprint density at radius 2 is 1.81 bits per heavy atom. The fourth-order valence-corrected chi connectivity index (χ4v) is 3.33. The summed E-state index contributed by atoms with van der Waals surface area (Å²) >= 11 is 0. The number of hydrogen-bond acceptors (Lipinski definition) is 7. The van der Waals surface area contributed by atoms with Crippen LogP contribution in [0, 0.1) is 17.8 Å². The predicted molar refractivity (Wildman–Crippen MR) is 73.3 cm³/mol. The molecule has 0 amide bonds. The van der Waals surface area contributed by atoms with E-state index in [-0.39, 0.29) is 55.1 Å². The molecular formula is C12H17N5O4. The molecule has 2 heterocycles. The molecule has 2 aromatic rings. The Labute approximate surface area is 119 Å². The number of nitrogens with one attached hydrogen (secondary N) is 1. The predicted octanol–water partition coefficient (Wildman–Crippen LogP) is -1.92. The number of rotatable bonds is 4. The number of hydrogen-bond donors (Lipinski definition) is 5. The quantitative estimate of drug-likeness (QED) is 0.441. The van der Waals surface area contributed by atoms with E-state index in [1.54, 1.807) is 4.57 Å². The summed E-state index contributed by atoms with van der Waals surface area (Å²) in [4.78, 5) is 22.3. The van der Waals surface area contributed by atoms with E-state index in [0.29, 0.717) is 5.65 Å². The Hall–Kier alpha value is -1.97. The van der Waals surface area contributed by atoms with Gasteiger partial charge in [-0.25, -0.2) is 4.98 Å². The topological polar surface area (TPSA) is 150 Å². The van der Waals surface area contributed by atoms with E-state index in [2.05, 4.69) is 15.0 Å². The van der Waals surface area contributed by atoms with Crippen LogP contribution < -0.4 is 11.3 Å². The van der Waals surface area contributed by atoms with E-state index in [1.807, 2.05) is 0 Å². The number of fused-ring (bicyclic) bond motifs is 1. The first-order valence-electron chi connectivity index (χ1n) is 6.67. The highest BCUT2D eigenvalue weighted by atomic mass is 16.3. The smallest absolute Gasteiger partial charge is 0.280 e. The number of imidazole rings is 1. The summed E-state index contributed by atoms with van der Waals surface area (Å²) in [6, 6.07) is -0.282. The first-order valence-corrected chi connectivity index (χ1v) is 6.67. The molecule has 114 valence electrons. The summed E-state index contributed by atoms with van der Waals surface area (Å²) in [5, 5.41) is 28.4. The highest BCUT2D eigenvalue weighted by Gasteiger charge is 2.50. The lowest BCUT2D eigenvalue weighted by Gasteiger charge is -2.50. The average Bonchev–Trinajstić information content (AvgIpc) is 2.83. The SMILES string of the molecule is Nc1nc2c(ncn2C2[C@H](CO)C(CO)[C@@H]2CO)c(=O)[nH]1. The van der Waals surface area contributed by atoms with E-state index < -0.39 is 5.56 Å². The zero-order chi connectivity index (χ0) is 15.1. The van der Waals surface area contributed by atoms with Crippen LogP contribution in [-0.2, 0) is 0 Å². The highest BCUT2D eigenvalue weighted by Crippen LogP contribution is 2.49. The molecule has 1 aliphatic rings. The molecule has 1 saturated carbocycles. The van der Waals surface area contributed by atoms with Gasteiger partial charge in [0, 0.05) is 37.7 Å². The summed E-state index contributed by atoms with van der Waals surface area (Å²) in [7, 11) is 0. The number of H-pyrrole nitrogens is 1. The zero-order valence-corrected chi connectivity index (χ0v) is 11.2. The van der Waals surface area contributed by atoms with E-state index in [9.17, 15) is 20.1 Å². The molecule has 0 aromatic carbocycles. The summed E-state index contributed by atoms with van der Waals surface area (Å²) in [6.07, 6.45) is 1.45. The second-order valence-corrected chi connectivity index (χ2v) is 5.31. The van der Waals surface area contributed by atoms with Crippen LogP contribution in [0.3, 0.4) is 0 Å². The number of anilines is 1. The largest absolute Gasteiger partial charge is 0.396 e. The third kappa shape index (κ3) is 1.93. The number of nitrogens with two attached hydrogens (primary N) is 1. The van der Waals surface area contributed by atoms with Crippen molar-refractivity contribution >= 4 is 17.1 Å². The Balaban J connectivity index is 2.09. The van der Waals surface area contributed by atoms with Gasteiger partial charge in [0.25, 0.3) is 5.56 Å². The van der Waals surface area contributed by atoms with Crippen LogP contribution in [0.4, 0.5) is 5.95 Å². The van der Waals surface area contributed by atoms with Crippen molar-refractivity contribution in [2.75, 3.05) is 25.6 Å². The van der Waals surface area contributed by atoms with Crippen LogP contribution in [0.15, 0.2) is 11.1 Å². The molecule has 1 fully saturated rings. The molecule has 9 nitrogen and oxygen atoms in total. The molecule has 0 aliphatic heterocycles. The van der Waals surface area contributed by atoms with Crippen molar-refractivity contribution in [2.45, 2.75) is 6.04 Å². The van der Waals surface area contributed by atoms with Crippen molar-refractivity contribution in [3.05, 3.63) is 16.7 Å². The van der Waals surface area contributed by atoms with Crippen molar-refractivity contribution < 1.29 is 15.3 Å². The van der Waals surface area contributed by atoms with E-state index in [1.165, 1.54) is 6.33 Å². The molecule has 0 radical (unpaired) electrons. The molecule has 0 bridgehead atoms. The zero-order valence-electron chi connectivity index (χ0n) is 11.2. The first kappa shape index (κ1) is 14.0. The number of nitrogens with zero attached hydrogens (tertiary/aromatic N) is 3. The fourth-order valence-electron chi connectivity index (χ4n) is 3.33. The first-order chi connectivity index (χ1) is 10.1. The van der Waals surface area contributed by atoms with Gasteiger partial charge in [-0.2, -0.15) is 4.98 Å². The normalized spacial score (nSPS) is 28.7. The summed E-state index contributed by atoms with van der Waals surface area (Å²) < 4.78 is 1.65. The highest BCUT2D eigenvalue weighted by molar-refractivity contribution is 5.70. The van der Waals surface area contributed by atoms with Crippen molar-refractivity contribution in [2.24, 2.45) is 17.8 Å². The van der Waals surface area contributed by atoms with E-state index in [4.69, 9.17) is 5.73 Å². The minimum atomic E-state index is -0.435. The third-order valence-corrected chi connectivity index (χ3v) is 4.38. The lowest BCUT2D eigenvalue weighted by Crippen LogP contribution is -2.52. The van der Waals surface area contributed by atoms with Gasteiger partial charge in [-0.05, 0) is 5.92 Å². The van der Waals surface area contributed by atoms with Crippen LogP contribution in [0.5, 0.6) is 0 Å². The van der Waals surface area contributed by atoms with Crippen molar-refractivity contribution in [1.82, 2.24) is 19.5 Å².